The van der Waals surface area contributed by atoms with Gasteiger partial charge in [0.1, 0.15) is 6.04 Å². The molecule has 1 heterocycles. The van der Waals surface area contributed by atoms with Gasteiger partial charge in [0.15, 0.2) is 0 Å². The minimum absolute atomic E-state index is 0.179. The quantitative estimate of drug-likeness (QED) is 0.295. The highest BCUT2D eigenvalue weighted by atomic mass is 16.2. The van der Waals surface area contributed by atoms with Gasteiger partial charge in [-0.25, -0.2) is 0 Å². The van der Waals surface area contributed by atoms with Gasteiger partial charge in [0.2, 0.25) is 11.8 Å². The fourth-order valence-electron chi connectivity index (χ4n) is 5.68. The van der Waals surface area contributed by atoms with Crippen LogP contribution in [0.25, 0.3) is 0 Å². The molecule has 0 spiro atoms. The van der Waals surface area contributed by atoms with Crippen molar-refractivity contribution in [3.05, 3.63) is 90.5 Å². The number of anilines is 3. The molecule has 1 aliphatic heterocycles. The van der Waals surface area contributed by atoms with Crippen molar-refractivity contribution < 1.29 is 14.4 Å². The molecule has 7 nitrogen and oxygen atoms in total. The maximum atomic E-state index is 14.3. The van der Waals surface area contributed by atoms with Crippen molar-refractivity contribution in [2.24, 2.45) is 23.5 Å². The summed E-state index contributed by atoms with van der Waals surface area (Å²) in [5.74, 6) is -1.96. The predicted octanol–water partition coefficient (Wildman–Crippen LogP) is 5.81. The number of nitrogens with two attached hydrogens (primary N) is 1. The molecule has 0 saturated carbocycles. The minimum Gasteiger partial charge on any atom is -0.369 e. The number of carbonyl (C=O) groups excluding carboxylic acids is 3. The summed E-state index contributed by atoms with van der Waals surface area (Å²) in [7, 11) is 0. The Kier molecular flexibility index (Phi) is 10.2. The lowest BCUT2D eigenvalue weighted by Crippen LogP contribution is -2.54. The Balaban J connectivity index is 1.74. The number of para-hydroxylation sites is 3. The van der Waals surface area contributed by atoms with E-state index in [4.69, 9.17) is 5.73 Å². The lowest BCUT2D eigenvalue weighted by atomic mass is 9.81. The normalized spacial score (nSPS) is 16.6. The number of rotatable bonds is 12. The Bertz CT molecular complexity index is 1310. The van der Waals surface area contributed by atoms with Crippen LogP contribution in [0.5, 0.6) is 0 Å². The molecule has 3 aromatic carbocycles. The van der Waals surface area contributed by atoms with Gasteiger partial charge in [-0.2, -0.15) is 0 Å². The van der Waals surface area contributed by atoms with Crippen LogP contribution in [0.1, 0.15) is 52.0 Å². The third-order valence-corrected chi connectivity index (χ3v) is 7.74. The van der Waals surface area contributed by atoms with Crippen LogP contribution >= 0.6 is 0 Å². The number of unbranched alkanes of at least 4 members (excludes halogenated alkanes) is 1. The van der Waals surface area contributed by atoms with Crippen LogP contribution in [0, 0.1) is 17.8 Å². The number of fused-ring (bicyclic) bond motifs is 1. The first kappa shape index (κ1) is 29.8. The third kappa shape index (κ3) is 7.34. The van der Waals surface area contributed by atoms with Crippen molar-refractivity contribution in [2.45, 2.75) is 59.0 Å². The highest BCUT2D eigenvalue weighted by Gasteiger charge is 2.39. The van der Waals surface area contributed by atoms with Gasteiger partial charge in [0, 0.05) is 17.5 Å². The zero-order valence-electron chi connectivity index (χ0n) is 24.3. The minimum atomic E-state index is -0.840. The second-order valence-corrected chi connectivity index (χ2v) is 11.3. The molecule has 1 aliphatic rings. The Morgan fingerprint density at radius 3 is 2.12 bits per heavy atom. The number of hydrogen-bond acceptors (Lipinski definition) is 4. The number of carbonyl (C=O) groups is 3. The Morgan fingerprint density at radius 1 is 0.902 bits per heavy atom. The van der Waals surface area contributed by atoms with Crippen molar-refractivity contribution >= 4 is 34.8 Å². The molecule has 3 amide bonds. The summed E-state index contributed by atoms with van der Waals surface area (Å²) in [4.78, 5) is 44.7. The van der Waals surface area contributed by atoms with E-state index in [1.807, 2.05) is 98.8 Å². The Morgan fingerprint density at radius 2 is 1.51 bits per heavy atom. The number of nitrogens with zero attached hydrogens (tertiary/aromatic N) is 2. The SMILES string of the molecule is CCCCC(C(N)=O)C(CC(C)C)C(=O)NC1CN(c2ccccc2)c2ccccc2N(Cc2ccccc2)C1=O. The maximum absolute atomic E-state index is 14.3. The van der Waals surface area contributed by atoms with Gasteiger partial charge in [0.25, 0.3) is 5.91 Å². The Hall–Kier alpha value is -4.13. The molecule has 0 radical (unpaired) electrons. The summed E-state index contributed by atoms with van der Waals surface area (Å²) in [6.07, 6.45) is 2.77. The van der Waals surface area contributed by atoms with E-state index in [0.717, 1.165) is 35.5 Å². The maximum Gasteiger partial charge on any atom is 0.251 e. The van der Waals surface area contributed by atoms with E-state index in [1.54, 1.807) is 4.90 Å². The molecule has 3 N–H and O–H groups in total. The highest BCUT2D eigenvalue weighted by molar-refractivity contribution is 6.04. The zero-order valence-corrected chi connectivity index (χ0v) is 24.3. The predicted molar refractivity (Wildman–Crippen MR) is 165 cm³/mol. The first-order valence-electron chi connectivity index (χ1n) is 14.7. The van der Waals surface area contributed by atoms with Gasteiger partial charge < -0.3 is 20.9 Å². The van der Waals surface area contributed by atoms with Crippen molar-refractivity contribution in [1.29, 1.82) is 0 Å². The van der Waals surface area contributed by atoms with Gasteiger partial charge in [-0.3, -0.25) is 14.4 Å². The first-order chi connectivity index (χ1) is 19.8. The van der Waals surface area contributed by atoms with Gasteiger partial charge in [-0.1, -0.05) is 94.3 Å². The van der Waals surface area contributed by atoms with Crippen LogP contribution in [0.4, 0.5) is 17.1 Å². The van der Waals surface area contributed by atoms with Crippen LogP contribution in [-0.4, -0.2) is 30.3 Å². The number of benzene rings is 3. The lowest BCUT2D eigenvalue weighted by Gasteiger charge is -2.30. The van der Waals surface area contributed by atoms with Crippen LogP contribution in [0.3, 0.4) is 0 Å². The average Bonchev–Trinajstić information content (AvgIpc) is 3.08. The van der Waals surface area contributed by atoms with Crippen molar-refractivity contribution in [3.63, 3.8) is 0 Å². The summed E-state index contributed by atoms with van der Waals surface area (Å²) in [5.41, 5.74) is 9.41. The van der Waals surface area contributed by atoms with Gasteiger partial charge in [-0.05, 0) is 48.6 Å². The number of hydrogen-bond donors (Lipinski definition) is 2. The molecule has 0 saturated heterocycles. The van der Waals surface area contributed by atoms with E-state index in [-0.39, 0.29) is 24.3 Å². The summed E-state index contributed by atoms with van der Waals surface area (Å²) in [6, 6.07) is 26.7. The second-order valence-electron chi connectivity index (χ2n) is 11.3. The molecular weight excluding hydrogens is 512 g/mol. The van der Waals surface area contributed by atoms with E-state index in [2.05, 4.69) is 17.1 Å². The molecule has 7 heteroatoms. The molecule has 0 bridgehead atoms. The molecule has 41 heavy (non-hydrogen) atoms. The average molecular weight is 555 g/mol. The fraction of sp³-hybridized carbons (Fsp3) is 0.382. The monoisotopic (exact) mass is 554 g/mol. The summed E-state index contributed by atoms with van der Waals surface area (Å²) < 4.78 is 0. The molecule has 3 unspecified atom stereocenters. The number of primary amides is 1. The van der Waals surface area contributed by atoms with E-state index in [1.165, 1.54) is 0 Å². The van der Waals surface area contributed by atoms with E-state index in [0.29, 0.717) is 19.4 Å². The smallest absolute Gasteiger partial charge is 0.251 e. The number of amides is 3. The summed E-state index contributed by atoms with van der Waals surface area (Å²) >= 11 is 0. The van der Waals surface area contributed by atoms with E-state index >= 15 is 0 Å². The molecule has 0 aliphatic carbocycles. The Labute approximate surface area is 243 Å². The van der Waals surface area contributed by atoms with Gasteiger partial charge >= 0.3 is 0 Å². The highest BCUT2D eigenvalue weighted by Crippen LogP contribution is 2.38. The van der Waals surface area contributed by atoms with Crippen LogP contribution in [0.2, 0.25) is 0 Å². The molecule has 3 atom stereocenters. The second kappa shape index (κ2) is 14.0. The molecule has 3 aromatic rings. The lowest BCUT2D eigenvalue weighted by molar-refractivity contribution is -0.136. The largest absolute Gasteiger partial charge is 0.369 e. The number of nitrogens with one attached hydrogen (secondary N) is 1. The molecule has 0 aromatic heterocycles. The fourth-order valence-corrected chi connectivity index (χ4v) is 5.68. The van der Waals surface area contributed by atoms with E-state index < -0.39 is 23.8 Å². The van der Waals surface area contributed by atoms with E-state index in [9.17, 15) is 14.4 Å². The summed E-state index contributed by atoms with van der Waals surface area (Å²) in [6.45, 7) is 6.73. The summed E-state index contributed by atoms with van der Waals surface area (Å²) in [5, 5.41) is 3.10. The molecule has 4 rings (SSSR count). The van der Waals surface area contributed by atoms with Crippen molar-refractivity contribution in [2.75, 3.05) is 16.3 Å². The topological polar surface area (TPSA) is 95.7 Å². The van der Waals surface area contributed by atoms with Crippen LogP contribution in [-0.2, 0) is 20.9 Å². The van der Waals surface area contributed by atoms with Crippen LogP contribution in [0.15, 0.2) is 84.9 Å². The van der Waals surface area contributed by atoms with Gasteiger partial charge in [-0.15, -0.1) is 0 Å². The van der Waals surface area contributed by atoms with Crippen molar-refractivity contribution in [1.82, 2.24) is 5.32 Å². The van der Waals surface area contributed by atoms with Crippen LogP contribution < -0.4 is 20.9 Å². The van der Waals surface area contributed by atoms with Gasteiger partial charge in [0.05, 0.1) is 24.5 Å². The molecule has 0 fully saturated rings. The molecule has 216 valence electrons. The standard InChI is InChI=1S/C34H42N4O3/c1-4-5-18-27(32(35)39)28(21-24(2)3)33(40)36-29-23-37(26-16-10-7-11-17-26)30-19-12-13-20-31(30)38(34(29)41)22-25-14-8-6-9-15-25/h6-17,19-20,24,27-29H,4-5,18,21-23H2,1-3H3,(H2,35,39)(H,36,40). The van der Waals surface area contributed by atoms with Crippen molar-refractivity contribution in [3.8, 4) is 0 Å². The third-order valence-electron chi connectivity index (χ3n) is 7.74. The molecular formula is C34H42N4O3. The zero-order chi connectivity index (χ0) is 29.4. The first-order valence-corrected chi connectivity index (χ1v) is 14.7.